The molecule has 2 aliphatic heterocycles. The number of fused-ring (bicyclic) bond motifs is 6. The SMILES string of the molecule is CCCCCCNC(=O)c1ccc2c(c1)C1(OC2=O)c2ccc(N)c(S(=O)(=O)O)c2Oc2c1ccc(N)c2S(=O)(=O)O. The fourth-order valence-corrected chi connectivity index (χ4v) is 6.86. The maximum atomic E-state index is 13.3. The van der Waals surface area contributed by atoms with Crippen LogP contribution in [0.1, 0.15) is 70.0 Å². The monoisotopic (exact) mass is 617 g/mol. The van der Waals surface area contributed by atoms with E-state index < -0.39 is 70.4 Å². The van der Waals surface area contributed by atoms with Gasteiger partial charge in [0, 0.05) is 28.8 Å². The molecule has 0 radical (unpaired) electrons. The van der Waals surface area contributed by atoms with Gasteiger partial charge in [-0.05, 0) is 48.9 Å². The summed E-state index contributed by atoms with van der Waals surface area (Å²) >= 11 is 0. The summed E-state index contributed by atoms with van der Waals surface area (Å²) in [5, 5.41) is 2.82. The number of carbonyl (C=O) groups is 2. The number of hydrogen-bond donors (Lipinski definition) is 5. The molecule has 5 rings (SSSR count). The number of rotatable bonds is 8. The standard InChI is InChI=1S/C27H27N3O10S2/c1-2-3-4-5-12-30-25(31)14-6-7-15-18(13-14)27(40-26(15)32)16-8-10-19(28)23(41(33,34)35)21(16)39-22-17(27)9-11-20(29)24(22)42(36,37)38/h6-11,13H,2-5,12,28-29H2,1H3,(H,30,31)(H,33,34,35)(H,36,37,38). The van der Waals surface area contributed by atoms with E-state index in [2.05, 4.69) is 12.2 Å². The molecule has 3 aromatic carbocycles. The number of nitrogens with one attached hydrogen (secondary N) is 1. The Kier molecular flexibility index (Phi) is 7.17. The van der Waals surface area contributed by atoms with Gasteiger partial charge in [0.05, 0.1) is 16.9 Å². The third-order valence-electron chi connectivity index (χ3n) is 7.21. The van der Waals surface area contributed by atoms with Gasteiger partial charge >= 0.3 is 5.97 Å². The van der Waals surface area contributed by atoms with Crippen molar-refractivity contribution >= 4 is 43.5 Å². The molecule has 7 N–H and O–H groups in total. The van der Waals surface area contributed by atoms with E-state index in [4.69, 9.17) is 20.9 Å². The van der Waals surface area contributed by atoms with E-state index in [0.717, 1.165) is 37.8 Å². The van der Waals surface area contributed by atoms with Gasteiger partial charge in [0.15, 0.2) is 26.9 Å². The molecule has 2 heterocycles. The molecule has 222 valence electrons. The van der Waals surface area contributed by atoms with Crippen molar-refractivity contribution in [1.82, 2.24) is 5.32 Å². The number of hydrogen-bond acceptors (Lipinski definition) is 10. The largest absolute Gasteiger partial charge is 0.453 e. The number of nitrogen functional groups attached to an aromatic ring is 2. The number of anilines is 2. The van der Waals surface area contributed by atoms with Gasteiger partial charge < -0.3 is 26.3 Å². The zero-order chi connectivity index (χ0) is 30.6. The quantitative estimate of drug-likeness (QED) is 0.106. The first-order valence-corrected chi connectivity index (χ1v) is 15.7. The summed E-state index contributed by atoms with van der Waals surface area (Å²) < 4.78 is 81.6. The van der Waals surface area contributed by atoms with Gasteiger partial charge in [-0.3, -0.25) is 13.9 Å². The summed E-state index contributed by atoms with van der Waals surface area (Å²) in [6.07, 6.45) is 3.73. The van der Waals surface area contributed by atoms with E-state index in [1.165, 1.54) is 30.3 Å². The van der Waals surface area contributed by atoms with Crippen molar-refractivity contribution in [2.75, 3.05) is 18.0 Å². The van der Waals surface area contributed by atoms with E-state index in [9.17, 15) is 35.5 Å². The molecular weight excluding hydrogens is 590 g/mol. The summed E-state index contributed by atoms with van der Waals surface area (Å²) in [4.78, 5) is 24.5. The van der Waals surface area contributed by atoms with Crippen LogP contribution >= 0.6 is 0 Å². The minimum atomic E-state index is -5.11. The van der Waals surface area contributed by atoms with Gasteiger partial charge in [-0.2, -0.15) is 16.8 Å². The number of amides is 1. The highest BCUT2D eigenvalue weighted by Crippen LogP contribution is 2.59. The molecule has 0 saturated heterocycles. The molecule has 0 saturated carbocycles. The Bertz CT molecular complexity index is 1780. The van der Waals surface area contributed by atoms with Crippen molar-refractivity contribution in [3.8, 4) is 11.5 Å². The van der Waals surface area contributed by atoms with Crippen LogP contribution in [0, 0.1) is 0 Å². The Morgan fingerprint density at radius 2 is 1.43 bits per heavy atom. The van der Waals surface area contributed by atoms with Gasteiger partial charge in [-0.25, -0.2) is 4.79 Å². The Morgan fingerprint density at radius 1 is 0.857 bits per heavy atom. The maximum Gasteiger partial charge on any atom is 0.340 e. The lowest BCUT2D eigenvalue weighted by atomic mass is 9.77. The minimum Gasteiger partial charge on any atom is -0.453 e. The molecule has 1 spiro atoms. The third-order valence-corrected chi connectivity index (χ3v) is 9.08. The van der Waals surface area contributed by atoms with Crippen LogP contribution in [0.25, 0.3) is 0 Å². The second kappa shape index (κ2) is 10.3. The van der Waals surface area contributed by atoms with Gasteiger partial charge in [0.25, 0.3) is 26.1 Å². The fraction of sp³-hybridized carbons (Fsp3) is 0.259. The van der Waals surface area contributed by atoms with Crippen molar-refractivity contribution in [3.63, 3.8) is 0 Å². The molecule has 0 aromatic heterocycles. The first kappa shape index (κ1) is 29.3. The lowest BCUT2D eigenvalue weighted by Gasteiger charge is -2.37. The van der Waals surface area contributed by atoms with Gasteiger partial charge in [-0.1, -0.05) is 26.2 Å². The molecule has 0 unspecified atom stereocenters. The van der Waals surface area contributed by atoms with Crippen molar-refractivity contribution in [3.05, 3.63) is 70.3 Å². The van der Waals surface area contributed by atoms with Crippen LogP contribution in [0.2, 0.25) is 0 Å². The summed E-state index contributed by atoms with van der Waals surface area (Å²) in [6, 6.07) is 8.99. The van der Waals surface area contributed by atoms with Crippen LogP contribution in [-0.2, 0) is 30.6 Å². The van der Waals surface area contributed by atoms with Gasteiger partial charge in [0.1, 0.15) is 0 Å². The highest BCUT2D eigenvalue weighted by Gasteiger charge is 2.56. The number of ether oxygens (including phenoxy) is 2. The normalized spacial score (nSPS) is 14.9. The highest BCUT2D eigenvalue weighted by atomic mass is 32.2. The average molecular weight is 618 g/mol. The van der Waals surface area contributed by atoms with Crippen LogP contribution in [0.3, 0.4) is 0 Å². The van der Waals surface area contributed by atoms with E-state index in [0.29, 0.717) is 6.54 Å². The first-order chi connectivity index (χ1) is 19.7. The van der Waals surface area contributed by atoms with E-state index >= 15 is 0 Å². The Hall–Kier alpha value is -4.18. The topological polar surface area (TPSA) is 225 Å². The maximum absolute atomic E-state index is 13.3. The Morgan fingerprint density at radius 3 is 1.95 bits per heavy atom. The van der Waals surface area contributed by atoms with E-state index in [1.54, 1.807) is 0 Å². The van der Waals surface area contributed by atoms with Crippen LogP contribution in [-0.4, -0.2) is 44.4 Å². The molecule has 42 heavy (non-hydrogen) atoms. The van der Waals surface area contributed by atoms with Crippen LogP contribution in [0.15, 0.2) is 52.3 Å². The second-order valence-corrected chi connectivity index (χ2v) is 12.6. The van der Waals surface area contributed by atoms with Gasteiger partial charge in [0.2, 0.25) is 0 Å². The lowest BCUT2D eigenvalue weighted by molar-refractivity contribution is 0.0221. The molecular formula is C27H27N3O10S2. The molecule has 0 aliphatic carbocycles. The number of esters is 1. The summed E-state index contributed by atoms with van der Waals surface area (Å²) in [5.41, 5.74) is 8.61. The molecule has 13 nitrogen and oxygen atoms in total. The molecule has 0 bridgehead atoms. The number of nitrogens with two attached hydrogens (primary N) is 2. The molecule has 3 aromatic rings. The molecule has 15 heteroatoms. The number of unbranched alkanes of at least 4 members (excludes halogenated alkanes) is 3. The van der Waals surface area contributed by atoms with Crippen molar-refractivity contribution < 1.29 is 45.0 Å². The van der Waals surface area contributed by atoms with Crippen molar-refractivity contribution in [2.45, 2.75) is 48.0 Å². The fourth-order valence-electron chi connectivity index (χ4n) is 5.35. The minimum absolute atomic E-state index is 0.0104. The molecule has 1 amide bonds. The summed E-state index contributed by atoms with van der Waals surface area (Å²) in [6.45, 7) is 2.47. The van der Waals surface area contributed by atoms with E-state index in [1.807, 2.05) is 0 Å². The second-order valence-electron chi connectivity index (χ2n) is 9.92. The average Bonchev–Trinajstić information content (AvgIpc) is 3.18. The van der Waals surface area contributed by atoms with Crippen LogP contribution in [0.5, 0.6) is 11.5 Å². The van der Waals surface area contributed by atoms with Crippen LogP contribution < -0.4 is 21.5 Å². The Labute approximate surface area is 241 Å². The lowest BCUT2D eigenvalue weighted by Crippen LogP contribution is -2.35. The third kappa shape index (κ3) is 4.63. The predicted molar refractivity (Wildman–Crippen MR) is 150 cm³/mol. The number of benzene rings is 3. The number of carbonyl (C=O) groups excluding carboxylic acids is 2. The zero-order valence-corrected chi connectivity index (χ0v) is 23.8. The van der Waals surface area contributed by atoms with Gasteiger partial charge in [-0.15, -0.1) is 0 Å². The smallest absolute Gasteiger partial charge is 0.340 e. The summed E-state index contributed by atoms with van der Waals surface area (Å²) in [5.74, 6) is -2.66. The Balaban J connectivity index is 1.80. The van der Waals surface area contributed by atoms with Crippen molar-refractivity contribution in [1.29, 1.82) is 0 Å². The molecule has 2 aliphatic rings. The van der Waals surface area contributed by atoms with Crippen LogP contribution in [0.4, 0.5) is 11.4 Å². The highest BCUT2D eigenvalue weighted by molar-refractivity contribution is 7.86. The van der Waals surface area contributed by atoms with Crippen molar-refractivity contribution in [2.24, 2.45) is 0 Å². The first-order valence-electron chi connectivity index (χ1n) is 12.9. The predicted octanol–water partition coefficient (Wildman–Crippen LogP) is 3.22. The molecule has 0 fully saturated rings. The zero-order valence-electron chi connectivity index (χ0n) is 22.2. The molecule has 0 atom stereocenters. The van der Waals surface area contributed by atoms with E-state index in [-0.39, 0.29) is 27.8 Å². The summed E-state index contributed by atoms with van der Waals surface area (Å²) in [7, 11) is -10.2.